The van der Waals surface area contributed by atoms with Gasteiger partial charge in [0.15, 0.2) is 0 Å². The summed E-state index contributed by atoms with van der Waals surface area (Å²) in [5.41, 5.74) is 6.11. The van der Waals surface area contributed by atoms with Gasteiger partial charge in [-0.05, 0) is 24.6 Å². The van der Waals surface area contributed by atoms with E-state index in [1.165, 1.54) is 25.1 Å². The van der Waals surface area contributed by atoms with Gasteiger partial charge >= 0.3 is 11.9 Å². The smallest absolute Gasteiger partial charge is 0.379 e. The van der Waals surface area contributed by atoms with Crippen LogP contribution in [0, 0.1) is 0 Å². The van der Waals surface area contributed by atoms with E-state index in [1.54, 1.807) is 0 Å². The summed E-state index contributed by atoms with van der Waals surface area (Å²) in [6.45, 7) is 1.47. The van der Waals surface area contributed by atoms with E-state index in [0.29, 0.717) is 0 Å². The molecule has 7 heteroatoms. The number of phenols is 1. The average Bonchev–Trinajstić information content (AvgIpc) is 2.60. The zero-order chi connectivity index (χ0) is 18.4. The molecule has 2 rings (SSSR count). The fraction of sp³-hybridized carbons (Fsp3) is 0.278. The second kappa shape index (κ2) is 7.94. The van der Waals surface area contributed by atoms with Gasteiger partial charge in [-0.3, -0.25) is 0 Å². The van der Waals surface area contributed by atoms with Crippen LogP contribution in [0.1, 0.15) is 24.1 Å². The van der Waals surface area contributed by atoms with Crippen LogP contribution in [0.3, 0.4) is 0 Å². The van der Waals surface area contributed by atoms with Crippen LogP contribution in [0.4, 0.5) is 8.78 Å². The van der Waals surface area contributed by atoms with Crippen LogP contribution in [-0.4, -0.2) is 23.6 Å². The van der Waals surface area contributed by atoms with E-state index in [9.17, 15) is 18.7 Å². The van der Waals surface area contributed by atoms with Gasteiger partial charge in [-0.25, -0.2) is 4.79 Å². The minimum atomic E-state index is -3.96. The maximum Gasteiger partial charge on any atom is 0.379 e. The second-order valence-electron chi connectivity index (χ2n) is 5.32. The zero-order valence-electron chi connectivity index (χ0n) is 13.6. The molecule has 0 saturated carbocycles. The number of aromatic hydroxyl groups is 1. The number of phenolic OH excluding ortho intramolecular Hbond substituents is 1. The van der Waals surface area contributed by atoms with E-state index in [4.69, 9.17) is 10.5 Å². The van der Waals surface area contributed by atoms with Gasteiger partial charge in [-0.2, -0.15) is 8.78 Å². The van der Waals surface area contributed by atoms with Crippen molar-refractivity contribution in [3.63, 3.8) is 0 Å². The number of halogens is 2. The lowest BCUT2D eigenvalue weighted by Gasteiger charge is -2.22. The lowest BCUT2D eigenvalue weighted by atomic mass is 10.00. The molecule has 2 aromatic carbocycles. The Kier molecular flexibility index (Phi) is 5.93. The van der Waals surface area contributed by atoms with Crippen LogP contribution in [0.5, 0.6) is 11.5 Å². The molecule has 0 aliphatic heterocycles. The van der Waals surface area contributed by atoms with Gasteiger partial charge in [-0.15, -0.1) is 0 Å². The predicted molar refractivity (Wildman–Crippen MR) is 87.4 cm³/mol. The third-order valence-corrected chi connectivity index (χ3v) is 3.52. The fourth-order valence-electron chi connectivity index (χ4n) is 2.17. The molecule has 25 heavy (non-hydrogen) atoms. The number of esters is 1. The molecule has 2 aromatic rings. The number of alkyl halides is 2. The van der Waals surface area contributed by atoms with Crippen LogP contribution >= 0.6 is 0 Å². The van der Waals surface area contributed by atoms with Gasteiger partial charge in [0.05, 0.1) is 6.61 Å². The van der Waals surface area contributed by atoms with Crippen molar-refractivity contribution in [2.24, 2.45) is 5.73 Å². The number of rotatable bonds is 7. The number of hydrogen-bond donors (Lipinski definition) is 2. The Labute approximate surface area is 144 Å². The van der Waals surface area contributed by atoms with Crippen LogP contribution < -0.4 is 10.5 Å². The van der Waals surface area contributed by atoms with E-state index in [2.05, 4.69) is 4.74 Å². The third kappa shape index (κ3) is 4.45. The molecule has 0 bridgehead atoms. The highest BCUT2D eigenvalue weighted by atomic mass is 19.3. The predicted octanol–water partition coefficient (Wildman–Crippen LogP) is 3.17. The summed E-state index contributed by atoms with van der Waals surface area (Å²) >= 11 is 0. The first-order valence-corrected chi connectivity index (χ1v) is 7.66. The summed E-state index contributed by atoms with van der Waals surface area (Å²) in [6, 6.07) is 11.1. The first-order chi connectivity index (χ1) is 11.9. The first kappa shape index (κ1) is 18.7. The van der Waals surface area contributed by atoms with Crippen molar-refractivity contribution in [3.05, 3.63) is 59.7 Å². The van der Waals surface area contributed by atoms with Gasteiger partial charge < -0.3 is 20.3 Å². The van der Waals surface area contributed by atoms with E-state index in [1.807, 2.05) is 30.3 Å². The van der Waals surface area contributed by atoms with Crippen LogP contribution in [0.25, 0.3) is 0 Å². The van der Waals surface area contributed by atoms with Crippen molar-refractivity contribution < 1.29 is 28.2 Å². The number of carbonyl (C=O) groups is 1. The van der Waals surface area contributed by atoms with Crippen LogP contribution in [0.15, 0.2) is 48.5 Å². The van der Waals surface area contributed by atoms with Gasteiger partial charge in [-0.1, -0.05) is 30.3 Å². The number of nitrogens with two attached hydrogens (primary N) is 1. The molecule has 134 valence electrons. The molecule has 0 spiro atoms. The van der Waals surface area contributed by atoms with Crippen molar-refractivity contribution >= 4 is 5.97 Å². The summed E-state index contributed by atoms with van der Waals surface area (Å²) in [5, 5.41) is 9.99. The van der Waals surface area contributed by atoms with Crippen molar-refractivity contribution in [3.8, 4) is 11.5 Å². The number of carbonyl (C=O) groups excluding carboxylic acids is 1. The van der Waals surface area contributed by atoms with Crippen molar-refractivity contribution in [1.82, 2.24) is 0 Å². The average molecular weight is 351 g/mol. The quantitative estimate of drug-likeness (QED) is 0.749. The van der Waals surface area contributed by atoms with E-state index in [-0.39, 0.29) is 24.5 Å². The summed E-state index contributed by atoms with van der Waals surface area (Å²) in [6.07, 6.45) is 0. The standard InChI is InChI=1S/C18H19F2NO4/c1-2-24-17(23)18(19,20)16(21)14-9-8-13(10-15(14)22)25-11-12-6-4-3-5-7-12/h3-10,16,22H,2,11,21H2,1H3/t16-/m0/s1. The minimum absolute atomic E-state index is 0.195. The van der Waals surface area contributed by atoms with E-state index < -0.39 is 23.7 Å². The Morgan fingerprint density at radius 2 is 1.92 bits per heavy atom. The monoisotopic (exact) mass is 351 g/mol. The largest absolute Gasteiger partial charge is 0.507 e. The minimum Gasteiger partial charge on any atom is -0.507 e. The highest BCUT2D eigenvalue weighted by Crippen LogP contribution is 2.36. The maximum absolute atomic E-state index is 14.0. The Balaban J connectivity index is 2.11. The van der Waals surface area contributed by atoms with Gasteiger partial charge in [0, 0.05) is 11.6 Å². The van der Waals surface area contributed by atoms with Crippen LogP contribution in [0.2, 0.25) is 0 Å². The normalized spacial score (nSPS) is 12.5. The SMILES string of the molecule is CCOC(=O)C(F)(F)[C@@H](N)c1ccc(OCc2ccccc2)cc1O. The lowest BCUT2D eigenvalue weighted by molar-refractivity contribution is -0.174. The maximum atomic E-state index is 14.0. The molecule has 0 aliphatic rings. The zero-order valence-corrected chi connectivity index (χ0v) is 13.6. The molecule has 0 fully saturated rings. The topological polar surface area (TPSA) is 81.8 Å². The fourth-order valence-corrected chi connectivity index (χ4v) is 2.17. The second-order valence-corrected chi connectivity index (χ2v) is 5.32. The number of hydrogen-bond acceptors (Lipinski definition) is 5. The third-order valence-electron chi connectivity index (χ3n) is 3.52. The van der Waals surface area contributed by atoms with Gasteiger partial charge in [0.25, 0.3) is 0 Å². The van der Waals surface area contributed by atoms with Gasteiger partial charge in [0.2, 0.25) is 0 Å². The molecule has 5 nitrogen and oxygen atoms in total. The summed E-state index contributed by atoms with van der Waals surface area (Å²) in [4.78, 5) is 11.4. The van der Waals surface area contributed by atoms with Gasteiger partial charge in [0.1, 0.15) is 24.1 Å². The number of benzene rings is 2. The molecule has 1 atom stereocenters. The van der Waals surface area contributed by atoms with Crippen LogP contribution in [-0.2, 0) is 16.1 Å². The molecule has 3 N–H and O–H groups in total. The Morgan fingerprint density at radius 1 is 1.24 bits per heavy atom. The molecule has 0 heterocycles. The Hall–Kier alpha value is -2.67. The first-order valence-electron chi connectivity index (χ1n) is 7.66. The van der Waals surface area contributed by atoms with E-state index in [0.717, 1.165) is 5.56 Å². The summed E-state index contributed by atoms with van der Waals surface area (Å²) < 4.78 is 37.8. The van der Waals surface area contributed by atoms with Crippen molar-refractivity contribution in [1.29, 1.82) is 0 Å². The van der Waals surface area contributed by atoms with Crippen molar-refractivity contribution in [2.75, 3.05) is 6.61 Å². The molecule has 0 aliphatic carbocycles. The molecule has 0 amide bonds. The highest BCUT2D eigenvalue weighted by molar-refractivity contribution is 5.79. The Morgan fingerprint density at radius 3 is 2.52 bits per heavy atom. The number of ether oxygens (including phenoxy) is 2. The molecule has 0 saturated heterocycles. The molecule has 0 radical (unpaired) electrons. The lowest BCUT2D eigenvalue weighted by Crippen LogP contribution is -2.41. The molecular formula is C18H19F2NO4. The molecule has 0 unspecified atom stereocenters. The van der Waals surface area contributed by atoms with E-state index >= 15 is 0 Å². The highest BCUT2D eigenvalue weighted by Gasteiger charge is 2.48. The van der Waals surface area contributed by atoms with Crippen molar-refractivity contribution in [2.45, 2.75) is 25.5 Å². The Bertz CT molecular complexity index is 722. The molecular weight excluding hydrogens is 332 g/mol. The summed E-state index contributed by atoms with van der Waals surface area (Å²) in [5.74, 6) is -5.88. The molecule has 0 aromatic heterocycles. The summed E-state index contributed by atoms with van der Waals surface area (Å²) in [7, 11) is 0.